The number of hydrogen-bond acceptors (Lipinski definition) is 5. The third-order valence-electron chi connectivity index (χ3n) is 6.78. The maximum atomic E-state index is 11.3. The molecule has 188 valence electrons. The van der Waals surface area contributed by atoms with E-state index >= 15 is 0 Å². The number of aryl methyl sites for hydroxylation is 2. The highest BCUT2D eigenvalue weighted by Gasteiger charge is 2.42. The predicted molar refractivity (Wildman–Crippen MR) is 148 cm³/mol. The van der Waals surface area contributed by atoms with Crippen LogP contribution in [0.15, 0.2) is 72.9 Å². The minimum atomic E-state index is -0.421. The van der Waals surface area contributed by atoms with Gasteiger partial charge in [-0.1, -0.05) is 18.2 Å². The molecular formula is C28H27N5O3S. The van der Waals surface area contributed by atoms with Crippen molar-refractivity contribution in [1.82, 2.24) is 14.9 Å². The molecule has 1 saturated heterocycles. The quantitative estimate of drug-likeness (QED) is 0.195. The van der Waals surface area contributed by atoms with Crippen LogP contribution in [0.2, 0.25) is 0 Å². The van der Waals surface area contributed by atoms with Crippen LogP contribution in [-0.2, 0) is 0 Å². The largest absolute Gasteiger partial charge is 0.494 e. The first-order chi connectivity index (χ1) is 17.8. The normalized spacial score (nSPS) is 17.1. The molecule has 1 aliphatic rings. The summed E-state index contributed by atoms with van der Waals surface area (Å²) >= 11 is 5.87. The number of nitro groups is 1. The summed E-state index contributed by atoms with van der Waals surface area (Å²) in [5, 5.41) is 15.5. The first kappa shape index (κ1) is 24.5. The molecule has 8 nitrogen and oxygen atoms in total. The van der Waals surface area contributed by atoms with Crippen LogP contribution in [0, 0.1) is 30.9 Å². The maximum Gasteiger partial charge on any atom is 0.273 e. The van der Waals surface area contributed by atoms with Crippen LogP contribution >= 0.6 is 12.2 Å². The first-order valence-electron chi connectivity index (χ1n) is 11.9. The van der Waals surface area contributed by atoms with Crippen molar-refractivity contribution in [3.8, 4) is 11.4 Å². The molecule has 0 bridgehead atoms. The molecule has 37 heavy (non-hydrogen) atoms. The number of nitrogens with zero attached hydrogens (tertiary/aromatic N) is 4. The average molecular weight is 514 g/mol. The molecule has 1 aliphatic heterocycles. The van der Waals surface area contributed by atoms with Crippen molar-refractivity contribution in [2.75, 3.05) is 12.0 Å². The van der Waals surface area contributed by atoms with E-state index in [1.807, 2.05) is 31.2 Å². The van der Waals surface area contributed by atoms with Crippen LogP contribution in [0.1, 0.15) is 40.3 Å². The smallest absolute Gasteiger partial charge is 0.273 e. The van der Waals surface area contributed by atoms with Gasteiger partial charge in [0.2, 0.25) is 0 Å². The number of non-ortho nitro benzene ring substituents is 1. The van der Waals surface area contributed by atoms with Crippen LogP contribution in [-0.4, -0.2) is 26.7 Å². The summed E-state index contributed by atoms with van der Waals surface area (Å²) in [5.74, 6) is 0.430. The number of rotatable bonds is 6. The van der Waals surface area contributed by atoms with E-state index < -0.39 is 4.92 Å². The van der Waals surface area contributed by atoms with Crippen LogP contribution < -0.4 is 15.0 Å². The second-order valence-electron chi connectivity index (χ2n) is 9.11. The number of ether oxygens (including phenoxy) is 1. The minimum absolute atomic E-state index is 0.0190. The number of hydrogen-bond donors (Lipinski definition) is 1. The van der Waals surface area contributed by atoms with Gasteiger partial charge in [-0.2, -0.15) is 0 Å². The summed E-state index contributed by atoms with van der Waals surface area (Å²) in [6.07, 6.45) is 1.79. The summed E-state index contributed by atoms with van der Waals surface area (Å²) in [6, 6.07) is 20.6. The number of anilines is 1. The average Bonchev–Trinajstić information content (AvgIpc) is 3.39. The van der Waals surface area contributed by atoms with E-state index in [0.717, 1.165) is 39.6 Å². The third-order valence-corrected chi connectivity index (χ3v) is 7.10. The van der Waals surface area contributed by atoms with E-state index in [0.29, 0.717) is 10.9 Å². The van der Waals surface area contributed by atoms with Crippen molar-refractivity contribution in [1.29, 1.82) is 0 Å². The van der Waals surface area contributed by atoms with Crippen molar-refractivity contribution in [3.63, 3.8) is 0 Å². The molecule has 2 aromatic carbocycles. The van der Waals surface area contributed by atoms with E-state index in [1.54, 1.807) is 12.3 Å². The zero-order chi connectivity index (χ0) is 26.3. The highest BCUT2D eigenvalue weighted by atomic mass is 32.1. The lowest BCUT2D eigenvalue weighted by Crippen LogP contribution is -2.29. The molecular weight excluding hydrogens is 486 g/mol. The Balaban J connectivity index is 1.69. The third kappa shape index (κ3) is 4.31. The Labute approximate surface area is 220 Å². The van der Waals surface area contributed by atoms with E-state index in [4.69, 9.17) is 17.0 Å². The molecule has 0 radical (unpaired) electrons. The maximum absolute atomic E-state index is 11.3. The number of benzene rings is 2. The van der Waals surface area contributed by atoms with E-state index in [2.05, 4.69) is 57.9 Å². The number of nitro benzene ring substituents is 1. The second-order valence-corrected chi connectivity index (χ2v) is 9.50. The predicted octanol–water partition coefficient (Wildman–Crippen LogP) is 5.89. The summed E-state index contributed by atoms with van der Waals surface area (Å²) in [4.78, 5) is 17.7. The van der Waals surface area contributed by atoms with Gasteiger partial charge in [0.05, 0.1) is 41.6 Å². The van der Waals surface area contributed by atoms with Crippen molar-refractivity contribution >= 4 is 28.7 Å². The van der Waals surface area contributed by atoms with Crippen LogP contribution in [0.25, 0.3) is 5.69 Å². The zero-order valence-corrected chi connectivity index (χ0v) is 21.8. The summed E-state index contributed by atoms with van der Waals surface area (Å²) in [7, 11) is 1.52. The number of thiocarbonyl (C=S) groups is 1. The lowest BCUT2D eigenvalue weighted by molar-refractivity contribution is -0.384. The SMILES string of the molecule is COc1cc([N+](=O)[O-])ccc1-n1c(C)cc([C@H]2[C@@H](c3ccccn3)NC(=S)N2c2cccc(C)c2)c1C. The fourth-order valence-electron chi connectivity index (χ4n) is 5.15. The molecule has 0 amide bonds. The Morgan fingerprint density at radius 3 is 2.54 bits per heavy atom. The van der Waals surface area contributed by atoms with Gasteiger partial charge >= 0.3 is 0 Å². The number of methoxy groups -OCH3 is 1. The fourth-order valence-corrected chi connectivity index (χ4v) is 5.50. The standard InChI is InChI=1S/C28H27N5O3S/c1-17-8-7-9-20(14-17)32-27(26(30-28(32)37)23-10-5-6-13-29-23)22-15-18(2)31(19(22)3)24-12-11-21(33(34)35)16-25(24)36-4/h5-16,26-27H,1-4H3,(H,30,37)/t26-,27+/m1/s1. The second kappa shape index (κ2) is 9.67. The summed E-state index contributed by atoms with van der Waals surface area (Å²) < 4.78 is 7.64. The van der Waals surface area contributed by atoms with Gasteiger partial charge < -0.3 is 19.5 Å². The molecule has 5 rings (SSSR count). The van der Waals surface area contributed by atoms with Gasteiger partial charge in [0.15, 0.2) is 5.11 Å². The Bertz CT molecular complexity index is 1500. The zero-order valence-electron chi connectivity index (χ0n) is 21.0. The van der Waals surface area contributed by atoms with Gasteiger partial charge in [-0.15, -0.1) is 0 Å². The Kier molecular flexibility index (Phi) is 6.39. The van der Waals surface area contributed by atoms with Gasteiger partial charge in [-0.3, -0.25) is 15.1 Å². The lowest BCUT2D eigenvalue weighted by atomic mass is 9.96. The molecule has 0 aliphatic carbocycles. The highest BCUT2D eigenvalue weighted by molar-refractivity contribution is 7.80. The van der Waals surface area contributed by atoms with Crippen LogP contribution in [0.3, 0.4) is 0 Å². The molecule has 9 heteroatoms. The molecule has 4 aromatic rings. The summed E-state index contributed by atoms with van der Waals surface area (Å²) in [6.45, 7) is 6.13. The molecule has 3 heterocycles. The lowest BCUT2D eigenvalue weighted by Gasteiger charge is -2.28. The van der Waals surface area contributed by atoms with Gasteiger partial charge in [-0.25, -0.2) is 0 Å². The highest BCUT2D eigenvalue weighted by Crippen LogP contribution is 2.44. The molecule has 2 atom stereocenters. The van der Waals surface area contributed by atoms with E-state index in [9.17, 15) is 10.1 Å². The Morgan fingerprint density at radius 2 is 1.86 bits per heavy atom. The van der Waals surface area contributed by atoms with Crippen molar-refractivity contribution < 1.29 is 9.66 Å². The summed E-state index contributed by atoms with van der Waals surface area (Å²) in [5.41, 5.74) is 6.78. The van der Waals surface area contributed by atoms with Crippen LogP contribution in [0.5, 0.6) is 5.75 Å². The first-order valence-corrected chi connectivity index (χ1v) is 12.3. The number of pyridine rings is 1. The number of nitrogens with one attached hydrogen (secondary N) is 1. The molecule has 0 saturated carbocycles. The molecule has 2 aromatic heterocycles. The Hall–Kier alpha value is -4.24. The van der Waals surface area contributed by atoms with Gasteiger partial charge in [0.1, 0.15) is 5.75 Å². The van der Waals surface area contributed by atoms with Crippen LogP contribution in [0.4, 0.5) is 11.4 Å². The topological polar surface area (TPSA) is 85.5 Å². The fraction of sp³-hybridized carbons (Fsp3) is 0.214. The molecule has 1 N–H and O–H groups in total. The minimum Gasteiger partial charge on any atom is -0.494 e. The molecule has 0 spiro atoms. The monoisotopic (exact) mass is 513 g/mol. The van der Waals surface area contributed by atoms with Crippen molar-refractivity contribution in [2.24, 2.45) is 0 Å². The van der Waals surface area contributed by atoms with Gasteiger partial charge in [0, 0.05) is 29.3 Å². The molecule has 0 unspecified atom stereocenters. The van der Waals surface area contributed by atoms with Crippen molar-refractivity contribution in [3.05, 3.63) is 111 Å². The van der Waals surface area contributed by atoms with Crippen molar-refractivity contribution in [2.45, 2.75) is 32.9 Å². The van der Waals surface area contributed by atoms with E-state index in [-0.39, 0.29) is 17.8 Å². The Morgan fingerprint density at radius 1 is 1.05 bits per heavy atom. The van der Waals surface area contributed by atoms with Gasteiger partial charge in [0.25, 0.3) is 5.69 Å². The number of aromatic nitrogens is 2. The van der Waals surface area contributed by atoms with E-state index in [1.165, 1.54) is 19.2 Å². The van der Waals surface area contributed by atoms with Gasteiger partial charge in [-0.05, 0) is 80.5 Å². The molecule has 1 fully saturated rings.